The summed E-state index contributed by atoms with van der Waals surface area (Å²) in [6, 6.07) is 8.22. The predicted octanol–water partition coefficient (Wildman–Crippen LogP) is 3.45. The van der Waals surface area contributed by atoms with E-state index in [1.807, 2.05) is 16.7 Å². The summed E-state index contributed by atoms with van der Waals surface area (Å²) in [5.41, 5.74) is 2.35. The van der Waals surface area contributed by atoms with Crippen LogP contribution in [-0.4, -0.2) is 24.9 Å². The molecule has 1 N–H and O–H groups in total. The van der Waals surface area contributed by atoms with Crippen LogP contribution in [0, 0.1) is 6.92 Å². The smallest absolute Gasteiger partial charge is 0.309 e. The summed E-state index contributed by atoms with van der Waals surface area (Å²) in [4.78, 5) is 31.5. The number of hydrogen-bond acceptors (Lipinski definition) is 4. The minimum atomic E-state index is -0.438. The van der Waals surface area contributed by atoms with Crippen molar-refractivity contribution >= 4 is 22.9 Å². The molecule has 27 heavy (non-hydrogen) atoms. The second-order valence-electron chi connectivity index (χ2n) is 6.87. The molecule has 0 aliphatic heterocycles. The standard InChI is InChI=1S/C20H26N4O2S/c1-4-5-6-7-11-27-20-21-17-16(18(25)22-19(26)23(17)3)24(20)13-15-10-8-9-14(2)12-15/h8-10,12H,4-7,11,13H2,1-3H3,(H,22,25,26). The molecule has 0 atom stereocenters. The predicted molar refractivity (Wildman–Crippen MR) is 111 cm³/mol. The van der Waals surface area contributed by atoms with Gasteiger partial charge in [-0.15, -0.1) is 0 Å². The van der Waals surface area contributed by atoms with Gasteiger partial charge in [0.15, 0.2) is 16.3 Å². The number of hydrogen-bond donors (Lipinski definition) is 1. The van der Waals surface area contributed by atoms with Crippen molar-refractivity contribution in [2.45, 2.75) is 51.2 Å². The number of nitrogens with zero attached hydrogens (tertiary/aromatic N) is 3. The highest BCUT2D eigenvalue weighted by Crippen LogP contribution is 2.24. The third-order valence-electron chi connectivity index (χ3n) is 4.62. The molecule has 0 saturated carbocycles. The fourth-order valence-corrected chi connectivity index (χ4v) is 4.15. The van der Waals surface area contributed by atoms with Crippen molar-refractivity contribution in [3.63, 3.8) is 0 Å². The molecule has 3 rings (SSSR count). The second kappa shape index (κ2) is 8.61. The lowest BCUT2D eigenvalue weighted by Gasteiger charge is -2.09. The summed E-state index contributed by atoms with van der Waals surface area (Å²) < 4.78 is 3.34. The second-order valence-corrected chi connectivity index (χ2v) is 7.93. The highest BCUT2D eigenvalue weighted by Gasteiger charge is 2.17. The Morgan fingerprint density at radius 2 is 2.00 bits per heavy atom. The number of rotatable bonds is 8. The Kier molecular flexibility index (Phi) is 6.21. The maximum Gasteiger partial charge on any atom is 0.329 e. The zero-order valence-electron chi connectivity index (χ0n) is 16.1. The van der Waals surface area contributed by atoms with E-state index >= 15 is 0 Å². The number of aromatic nitrogens is 4. The lowest BCUT2D eigenvalue weighted by molar-refractivity contribution is 0.701. The number of H-pyrrole nitrogens is 1. The summed E-state index contributed by atoms with van der Waals surface area (Å²) in [7, 11) is 1.64. The Labute approximate surface area is 162 Å². The van der Waals surface area contributed by atoms with E-state index in [1.54, 1.807) is 18.8 Å². The summed E-state index contributed by atoms with van der Waals surface area (Å²) in [6.45, 7) is 4.80. The van der Waals surface area contributed by atoms with Gasteiger partial charge < -0.3 is 4.57 Å². The number of unbranched alkanes of at least 4 members (excludes halogenated alkanes) is 3. The molecule has 0 amide bonds. The van der Waals surface area contributed by atoms with Gasteiger partial charge in [-0.3, -0.25) is 14.3 Å². The van der Waals surface area contributed by atoms with E-state index in [4.69, 9.17) is 0 Å². The molecule has 3 aromatic rings. The van der Waals surface area contributed by atoms with Gasteiger partial charge in [-0.1, -0.05) is 67.8 Å². The first-order valence-electron chi connectivity index (χ1n) is 9.39. The average Bonchev–Trinajstić information content (AvgIpc) is 2.99. The molecule has 144 valence electrons. The van der Waals surface area contributed by atoms with Gasteiger partial charge in [0.05, 0.1) is 6.54 Å². The fraction of sp³-hybridized carbons (Fsp3) is 0.450. The van der Waals surface area contributed by atoms with Crippen LogP contribution in [0.5, 0.6) is 0 Å². The summed E-state index contributed by atoms with van der Waals surface area (Å²) in [5, 5.41) is 0.787. The van der Waals surface area contributed by atoms with E-state index < -0.39 is 5.69 Å². The SMILES string of the molecule is CCCCCCSc1nc2c(c(=O)[nH]c(=O)n2C)n1Cc1cccc(C)c1. The number of benzene rings is 1. The minimum absolute atomic E-state index is 0.383. The highest BCUT2D eigenvalue weighted by atomic mass is 32.2. The van der Waals surface area contributed by atoms with Gasteiger partial charge in [-0.2, -0.15) is 0 Å². The molecule has 0 aliphatic rings. The van der Waals surface area contributed by atoms with Crippen LogP contribution in [0.25, 0.3) is 11.2 Å². The van der Waals surface area contributed by atoms with Crippen molar-refractivity contribution in [2.24, 2.45) is 7.05 Å². The molecule has 2 heterocycles. The van der Waals surface area contributed by atoms with E-state index in [0.717, 1.165) is 22.9 Å². The lowest BCUT2D eigenvalue weighted by Crippen LogP contribution is -2.29. The van der Waals surface area contributed by atoms with E-state index in [9.17, 15) is 9.59 Å². The van der Waals surface area contributed by atoms with Crippen molar-refractivity contribution in [1.82, 2.24) is 19.1 Å². The van der Waals surface area contributed by atoms with E-state index in [2.05, 4.69) is 35.9 Å². The molecule has 0 spiro atoms. The molecule has 6 nitrogen and oxygen atoms in total. The Morgan fingerprint density at radius 1 is 1.19 bits per heavy atom. The number of aromatic amines is 1. The van der Waals surface area contributed by atoms with Gasteiger partial charge >= 0.3 is 5.69 Å². The van der Waals surface area contributed by atoms with Crippen LogP contribution in [0.2, 0.25) is 0 Å². The minimum Gasteiger partial charge on any atom is -0.309 e. The van der Waals surface area contributed by atoms with Crippen LogP contribution in [0.1, 0.15) is 43.7 Å². The quantitative estimate of drug-likeness (QED) is 0.475. The number of imidazole rings is 1. The monoisotopic (exact) mass is 386 g/mol. The zero-order valence-corrected chi connectivity index (χ0v) is 16.9. The normalized spacial score (nSPS) is 11.4. The Balaban J connectivity index is 2.01. The van der Waals surface area contributed by atoms with Gasteiger partial charge in [-0.25, -0.2) is 9.78 Å². The van der Waals surface area contributed by atoms with Crippen LogP contribution in [0.4, 0.5) is 0 Å². The topological polar surface area (TPSA) is 72.7 Å². The fourth-order valence-electron chi connectivity index (χ4n) is 3.16. The Morgan fingerprint density at radius 3 is 2.74 bits per heavy atom. The van der Waals surface area contributed by atoms with Crippen LogP contribution in [0.3, 0.4) is 0 Å². The molecular weight excluding hydrogens is 360 g/mol. The number of aryl methyl sites for hydroxylation is 2. The van der Waals surface area contributed by atoms with Crippen LogP contribution in [0.15, 0.2) is 39.0 Å². The molecule has 1 aromatic carbocycles. The molecule has 0 fully saturated rings. The third-order valence-corrected chi connectivity index (χ3v) is 5.69. The van der Waals surface area contributed by atoms with Crippen molar-refractivity contribution in [3.05, 3.63) is 56.2 Å². The molecule has 0 unspecified atom stereocenters. The number of thioether (sulfide) groups is 1. The van der Waals surface area contributed by atoms with Gasteiger partial charge in [0.2, 0.25) is 0 Å². The van der Waals surface area contributed by atoms with E-state index in [0.29, 0.717) is 17.7 Å². The average molecular weight is 387 g/mol. The summed E-state index contributed by atoms with van der Waals surface area (Å²) in [5.74, 6) is 0.947. The molecule has 7 heteroatoms. The first-order chi connectivity index (χ1) is 13.0. The summed E-state index contributed by atoms with van der Waals surface area (Å²) in [6.07, 6.45) is 4.74. The van der Waals surface area contributed by atoms with Crippen molar-refractivity contribution < 1.29 is 0 Å². The van der Waals surface area contributed by atoms with E-state index in [1.165, 1.54) is 29.4 Å². The Hall–Kier alpha value is -2.28. The van der Waals surface area contributed by atoms with Crippen LogP contribution >= 0.6 is 11.8 Å². The third kappa shape index (κ3) is 4.35. The van der Waals surface area contributed by atoms with Gasteiger partial charge in [0.25, 0.3) is 5.56 Å². The van der Waals surface area contributed by atoms with Gasteiger partial charge in [0.1, 0.15) is 0 Å². The zero-order chi connectivity index (χ0) is 19.4. The summed E-state index contributed by atoms with van der Waals surface area (Å²) >= 11 is 1.65. The maximum absolute atomic E-state index is 12.5. The number of nitrogens with one attached hydrogen (secondary N) is 1. The van der Waals surface area contributed by atoms with Crippen molar-refractivity contribution in [3.8, 4) is 0 Å². The van der Waals surface area contributed by atoms with Crippen molar-refractivity contribution in [1.29, 1.82) is 0 Å². The largest absolute Gasteiger partial charge is 0.329 e. The van der Waals surface area contributed by atoms with Crippen molar-refractivity contribution in [2.75, 3.05) is 5.75 Å². The highest BCUT2D eigenvalue weighted by molar-refractivity contribution is 7.99. The first kappa shape index (κ1) is 19.5. The molecule has 2 aromatic heterocycles. The first-order valence-corrected chi connectivity index (χ1v) is 10.4. The van der Waals surface area contributed by atoms with E-state index in [-0.39, 0.29) is 5.56 Å². The van der Waals surface area contributed by atoms with Crippen LogP contribution in [-0.2, 0) is 13.6 Å². The van der Waals surface area contributed by atoms with Gasteiger partial charge in [-0.05, 0) is 18.9 Å². The molecule has 0 radical (unpaired) electrons. The molecule has 0 bridgehead atoms. The lowest BCUT2D eigenvalue weighted by atomic mass is 10.1. The molecule has 0 saturated heterocycles. The van der Waals surface area contributed by atoms with Gasteiger partial charge in [0, 0.05) is 12.8 Å². The molecule has 0 aliphatic carbocycles. The molecular formula is C20H26N4O2S. The van der Waals surface area contributed by atoms with Crippen LogP contribution < -0.4 is 11.2 Å². The Bertz CT molecular complexity index is 1050. The number of fused-ring (bicyclic) bond motifs is 1. The maximum atomic E-state index is 12.5.